The molecule has 7 N–H and O–H groups in total. The molecule has 0 spiro atoms. The lowest BCUT2D eigenvalue weighted by Crippen LogP contribution is -2.62. The number of fused-ring (bicyclic) bond motifs is 2. The number of amides is 5. The van der Waals surface area contributed by atoms with Crippen molar-refractivity contribution in [2.24, 2.45) is 5.73 Å². The maximum absolute atomic E-state index is 14.5. The van der Waals surface area contributed by atoms with Crippen molar-refractivity contribution < 1.29 is 51.0 Å². The summed E-state index contributed by atoms with van der Waals surface area (Å²) in [6, 6.07) is 5.33. The van der Waals surface area contributed by atoms with Crippen LogP contribution >= 0.6 is 7.37 Å². The summed E-state index contributed by atoms with van der Waals surface area (Å²) in [4.78, 5) is 95.2. The molecule has 0 saturated carbocycles. The van der Waals surface area contributed by atoms with E-state index in [1.165, 1.54) is 35.2 Å². The van der Waals surface area contributed by atoms with Gasteiger partial charge in [0.05, 0.1) is 0 Å². The second kappa shape index (κ2) is 17.3. The molecule has 1 aromatic heterocycles. The van der Waals surface area contributed by atoms with E-state index < -0.39 is 81.1 Å². The number of aromatic nitrogens is 1. The molecule has 2 aliphatic heterocycles. The van der Waals surface area contributed by atoms with Crippen LogP contribution in [-0.4, -0.2) is 119 Å². The third-order valence-electron chi connectivity index (χ3n) is 10.2. The number of nitrogens with two attached hydrogens (primary N) is 1. The first-order valence-electron chi connectivity index (χ1n) is 18.3. The second-order valence-corrected chi connectivity index (χ2v) is 19.0. The van der Waals surface area contributed by atoms with E-state index >= 15 is 0 Å². The molecule has 308 valence electrons. The molecular formula is C37H47FN7O10PS. The van der Waals surface area contributed by atoms with E-state index in [1.807, 2.05) is 13.8 Å². The monoisotopic (exact) mass is 831 g/mol. The summed E-state index contributed by atoms with van der Waals surface area (Å²) in [5.74, 6) is -4.27. The Bertz CT molecular complexity index is 2260. The Hall–Kier alpha value is -4.97. The fourth-order valence-electron chi connectivity index (χ4n) is 7.19. The standard InChI is InChI=1S/C37H47FN7O10PS/c1-20(2)44-14-13-24-7-10-30(35(49)42-27(9-12-32(39)46)33(47)40-18-21-5-11-31(25(38)15-21)57(4,54)55)45(24)36(50)29(19-44)43-34(48)28-17-23-16-22(6-8-26(23)41-28)37(51)56(3,52)53/h5-6,8,11,15-17,20,24,27,29-30,41H,7,9-10,12-14,18-19H2,1-4H3,(H2,39,46)(H,40,47)(H,42,49)(H,43,48)(H,52,53)/t24-,27+,29+,30+/m1/s1. The molecule has 57 heavy (non-hydrogen) atoms. The SMILES string of the molecule is CC(C)N1CC[C@H]2CC[C@@H](C(=O)N[C@@H](CCC(N)=O)C(=O)NCc3ccc(S(C)(=O)=O)c(F)c3)N2C(=O)[C@@H](NC(=O)c2cc3cc(C(=O)P(C)(=O)O)ccc3[nH]2)C1. The molecule has 2 aliphatic rings. The molecule has 5 atom stereocenters. The lowest BCUT2D eigenvalue weighted by Gasteiger charge is -2.40. The van der Waals surface area contributed by atoms with Gasteiger partial charge in [0, 0.05) is 67.5 Å². The number of sulfone groups is 1. The highest BCUT2D eigenvalue weighted by Crippen LogP contribution is 2.40. The summed E-state index contributed by atoms with van der Waals surface area (Å²) in [6.45, 7) is 5.31. The number of nitrogens with one attached hydrogen (secondary N) is 4. The molecule has 5 rings (SSSR count). The van der Waals surface area contributed by atoms with Crippen molar-refractivity contribution in [2.45, 2.75) is 87.6 Å². The molecule has 1 unspecified atom stereocenters. The highest BCUT2D eigenvalue weighted by atomic mass is 32.2. The van der Waals surface area contributed by atoms with Crippen molar-refractivity contribution >= 4 is 63.2 Å². The highest BCUT2D eigenvalue weighted by Gasteiger charge is 2.46. The number of aromatic amines is 1. The van der Waals surface area contributed by atoms with Gasteiger partial charge >= 0.3 is 0 Å². The first-order valence-corrected chi connectivity index (χ1v) is 22.3. The number of carbonyl (C=O) groups is 6. The Balaban J connectivity index is 1.34. The van der Waals surface area contributed by atoms with E-state index in [4.69, 9.17) is 5.73 Å². The Labute approximate surface area is 328 Å². The van der Waals surface area contributed by atoms with E-state index in [-0.39, 0.29) is 61.3 Å². The average molecular weight is 832 g/mol. The summed E-state index contributed by atoms with van der Waals surface area (Å²) in [7, 11) is -7.88. The summed E-state index contributed by atoms with van der Waals surface area (Å²) in [5.41, 5.74) is 5.19. The van der Waals surface area contributed by atoms with Gasteiger partial charge in [0.2, 0.25) is 29.2 Å². The lowest BCUT2D eigenvalue weighted by atomic mass is 10.1. The molecule has 17 nitrogen and oxygen atoms in total. The Morgan fingerprint density at radius 1 is 1.07 bits per heavy atom. The molecule has 0 aliphatic carbocycles. The zero-order valence-electron chi connectivity index (χ0n) is 31.9. The number of rotatable bonds is 14. The minimum absolute atomic E-state index is 0.0000740. The zero-order valence-corrected chi connectivity index (χ0v) is 33.6. The Kier molecular flexibility index (Phi) is 13.1. The predicted octanol–water partition coefficient (Wildman–Crippen LogP) is 1.39. The summed E-state index contributed by atoms with van der Waals surface area (Å²) < 4.78 is 50.0. The summed E-state index contributed by atoms with van der Waals surface area (Å²) in [6.07, 6.45) is 1.67. The maximum atomic E-state index is 14.5. The number of benzene rings is 2. The van der Waals surface area contributed by atoms with Crippen LogP contribution in [0, 0.1) is 5.82 Å². The number of hydrogen-bond donors (Lipinski definition) is 6. The molecule has 3 aromatic rings. The van der Waals surface area contributed by atoms with Crippen LogP contribution in [0.4, 0.5) is 4.39 Å². The molecule has 0 radical (unpaired) electrons. The number of carbonyl (C=O) groups excluding carboxylic acids is 6. The number of H-pyrrole nitrogens is 1. The van der Waals surface area contributed by atoms with Crippen LogP contribution < -0.4 is 21.7 Å². The van der Waals surface area contributed by atoms with Gasteiger partial charge in [0.1, 0.15) is 34.5 Å². The van der Waals surface area contributed by atoms with Crippen LogP contribution in [0.2, 0.25) is 0 Å². The Morgan fingerprint density at radius 2 is 1.79 bits per heavy atom. The molecule has 3 heterocycles. The van der Waals surface area contributed by atoms with Crippen molar-refractivity contribution in [3.05, 3.63) is 65.1 Å². The number of primary amides is 1. The smallest absolute Gasteiger partial charge is 0.268 e. The quantitative estimate of drug-likeness (QED) is 0.127. The van der Waals surface area contributed by atoms with Crippen LogP contribution in [0.5, 0.6) is 0 Å². The van der Waals surface area contributed by atoms with Crippen LogP contribution in [0.1, 0.15) is 72.4 Å². The zero-order chi connectivity index (χ0) is 42.0. The highest BCUT2D eigenvalue weighted by molar-refractivity contribution is 7.90. The van der Waals surface area contributed by atoms with Crippen molar-refractivity contribution in [1.29, 1.82) is 0 Å². The predicted molar refractivity (Wildman–Crippen MR) is 206 cm³/mol. The molecule has 20 heteroatoms. The number of hydrogen-bond acceptors (Lipinski definition) is 10. The van der Waals surface area contributed by atoms with E-state index in [9.17, 15) is 51.0 Å². The normalized spacial score (nSPS) is 20.6. The average Bonchev–Trinajstić information content (AvgIpc) is 3.75. The molecule has 0 bridgehead atoms. The van der Waals surface area contributed by atoms with E-state index in [2.05, 4.69) is 25.8 Å². The van der Waals surface area contributed by atoms with Gasteiger partial charge in [-0.05, 0) is 81.5 Å². The van der Waals surface area contributed by atoms with Crippen LogP contribution in [0.3, 0.4) is 0 Å². The molecular weight excluding hydrogens is 784 g/mol. The van der Waals surface area contributed by atoms with Gasteiger partial charge in [-0.2, -0.15) is 0 Å². The first-order chi connectivity index (χ1) is 26.6. The first kappa shape index (κ1) is 43.2. The van der Waals surface area contributed by atoms with Gasteiger partial charge in [0.15, 0.2) is 9.84 Å². The maximum Gasteiger partial charge on any atom is 0.268 e. The van der Waals surface area contributed by atoms with Gasteiger partial charge in [-0.3, -0.25) is 38.2 Å². The lowest BCUT2D eigenvalue weighted by molar-refractivity contribution is -0.144. The Morgan fingerprint density at radius 3 is 2.42 bits per heavy atom. The van der Waals surface area contributed by atoms with Gasteiger partial charge in [-0.15, -0.1) is 0 Å². The van der Waals surface area contributed by atoms with Crippen molar-refractivity contribution in [3.63, 3.8) is 0 Å². The van der Waals surface area contributed by atoms with E-state index in [0.717, 1.165) is 25.1 Å². The summed E-state index contributed by atoms with van der Waals surface area (Å²) in [5, 5.41) is 8.47. The molecule has 2 fully saturated rings. The minimum Gasteiger partial charge on any atom is -0.370 e. The number of halogens is 1. The van der Waals surface area contributed by atoms with Crippen LogP contribution in [0.15, 0.2) is 47.4 Å². The topological polar surface area (TPSA) is 258 Å². The van der Waals surface area contributed by atoms with Gasteiger partial charge in [-0.25, -0.2) is 12.8 Å². The van der Waals surface area contributed by atoms with Crippen LogP contribution in [0.25, 0.3) is 10.9 Å². The van der Waals surface area contributed by atoms with Gasteiger partial charge in [0.25, 0.3) is 13.3 Å². The fraction of sp³-hybridized carbons (Fsp3) is 0.459. The third-order valence-corrected chi connectivity index (χ3v) is 12.4. The fourth-order valence-corrected chi connectivity index (χ4v) is 8.53. The number of nitrogens with zero attached hydrogens (tertiary/aromatic N) is 2. The molecule has 2 aromatic carbocycles. The van der Waals surface area contributed by atoms with E-state index in [0.29, 0.717) is 30.3 Å². The van der Waals surface area contributed by atoms with E-state index in [1.54, 1.807) is 0 Å². The summed E-state index contributed by atoms with van der Waals surface area (Å²) >= 11 is 0. The molecule has 5 amide bonds. The third kappa shape index (κ3) is 10.3. The van der Waals surface area contributed by atoms with Crippen molar-refractivity contribution in [3.8, 4) is 0 Å². The van der Waals surface area contributed by atoms with Crippen molar-refractivity contribution in [1.82, 2.24) is 30.7 Å². The molecule has 2 saturated heterocycles. The van der Waals surface area contributed by atoms with Crippen molar-refractivity contribution in [2.75, 3.05) is 26.0 Å². The van der Waals surface area contributed by atoms with Crippen LogP contribution in [-0.2, 0) is 40.1 Å². The van der Waals surface area contributed by atoms with Gasteiger partial charge in [-0.1, -0.05) is 6.07 Å². The second-order valence-electron chi connectivity index (χ2n) is 14.9. The van der Waals surface area contributed by atoms with Gasteiger partial charge < -0.3 is 36.5 Å². The minimum atomic E-state index is -4.06. The largest absolute Gasteiger partial charge is 0.370 e.